The largest absolute Gasteiger partial charge is 0.486 e. The van der Waals surface area contributed by atoms with Crippen molar-refractivity contribution >= 4 is 5.97 Å². The predicted molar refractivity (Wildman–Crippen MR) is 76.1 cm³/mol. The quantitative estimate of drug-likeness (QED) is 0.907. The predicted octanol–water partition coefficient (Wildman–Crippen LogP) is 3.23. The second kappa shape index (κ2) is 6.19. The number of carboxylic acid groups (broad SMARTS) is 1. The minimum atomic E-state index is -1.08. The van der Waals surface area contributed by atoms with E-state index >= 15 is 0 Å². The van der Waals surface area contributed by atoms with E-state index in [0.717, 1.165) is 12.0 Å². The third kappa shape index (κ3) is 3.35. The molecular weight excluding hydrogens is 254 g/mol. The van der Waals surface area contributed by atoms with Gasteiger partial charge in [0.15, 0.2) is 11.4 Å². The summed E-state index contributed by atoms with van der Waals surface area (Å²) in [5, 5.41) is 9.11. The lowest BCUT2D eigenvalue weighted by molar-refractivity contribution is 0.0684. The number of rotatable bonds is 5. The summed E-state index contributed by atoms with van der Waals surface area (Å²) < 4.78 is 5.57. The van der Waals surface area contributed by atoms with Crippen LogP contribution in [0.4, 0.5) is 0 Å². The molecule has 4 nitrogen and oxygen atoms in total. The zero-order valence-electron chi connectivity index (χ0n) is 11.6. The Bertz CT molecular complexity index is 606. The number of benzene rings is 1. The lowest BCUT2D eigenvalue weighted by Gasteiger charge is -2.09. The number of carboxylic acids is 1. The van der Waals surface area contributed by atoms with Crippen molar-refractivity contribution < 1.29 is 14.6 Å². The number of hydrogen-bond acceptors (Lipinski definition) is 3. The zero-order valence-corrected chi connectivity index (χ0v) is 11.6. The van der Waals surface area contributed by atoms with E-state index in [0.29, 0.717) is 18.1 Å². The van der Waals surface area contributed by atoms with Crippen molar-refractivity contribution in [3.05, 3.63) is 58.9 Å². The summed E-state index contributed by atoms with van der Waals surface area (Å²) in [6.07, 6.45) is 0.992. The highest BCUT2D eigenvalue weighted by Gasteiger charge is 2.13. The highest BCUT2D eigenvalue weighted by Crippen LogP contribution is 2.18. The molecule has 4 heteroatoms. The molecule has 0 spiro atoms. The fourth-order valence-corrected chi connectivity index (χ4v) is 1.85. The first-order valence-corrected chi connectivity index (χ1v) is 6.51. The van der Waals surface area contributed by atoms with Crippen LogP contribution in [0.3, 0.4) is 0 Å². The zero-order chi connectivity index (χ0) is 14.5. The molecule has 0 radical (unpaired) electrons. The first-order valence-electron chi connectivity index (χ1n) is 6.51. The smallest absolute Gasteiger partial charge is 0.358 e. The number of aryl methyl sites for hydroxylation is 2. The van der Waals surface area contributed by atoms with E-state index in [-0.39, 0.29) is 5.69 Å². The summed E-state index contributed by atoms with van der Waals surface area (Å²) in [5.74, 6) is -0.785. The first-order chi connectivity index (χ1) is 9.60. The molecule has 0 aliphatic carbocycles. The van der Waals surface area contributed by atoms with Crippen molar-refractivity contribution in [3.63, 3.8) is 0 Å². The van der Waals surface area contributed by atoms with E-state index in [4.69, 9.17) is 9.84 Å². The number of aromatic carboxylic acids is 1. The summed E-state index contributed by atoms with van der Waals surface area (Å²) in [7, 11) is 0. The van der Waals surface area contributed by atoms with Crippen molar-refractivity contribution in [2.24, 2.45) is 0 Å². The Morgan fingerprint density at radius 1 is 1.15 bits per heavy atom. The van der Waals surface area contributed by atoms with Crippen LogP contribution in [0, 0.1) is 6.92 Å². The van der Waals surface area contributed by atoms with E-state index in [1.165, 1.54) is 5.56 Å². The molecule has 0 aliphatic heterocycles. The Balaban J connectivity index is 2.12. The maximum Gasteiger partial charge on any atom is 0.358 e. The van der Waals surface area contributed by atoms with Gasteiger partial charge in [-0.25, -0.2) is 9.78 Å². The number of aromatic nitrogens is 1. The van der Waals surface area contributed by atoms with Gasteiger partial charge in [-0.2, -0.15) is 0 Å². The van der Waals surface area contributed by atoms with E-state index in [9.17, 15) is 4.79 Å². The van der Waals surface area contributed by atoms with E-state index in [1.54, 1.807) is 19.1 Å². The lowest BCUT2D eigenvalue weighted by Crippen LogP contribution is -2.06. The minimum Gasteiger partial charge on any atom is -0.486 e. The molecule has 0 bridgehead atoms. The highest BCUT2D eigenvalue weighted by atomic mass is 16.5. The van der Waals surface area contributed by atoms with Crippen molar-refractivity contribution in [1.29, 1.82) is 0 Å². The van der Waals surface area contributed by atoms with Crippen LogP contribution < -0.4 is 4.74 Å². The molecule has 1 heterocycles. The molecule has 0 aliphatic rings. The minimum absolute atomic E-state index is 0.0461. The van der Waals surface area contributed by atoms with Crippen LogP contribution in [0.1, 0.15) is 34.2 Å². The van der Waals surface area contributed by atoms with E-state index in [2.05, 4.69) is 11.9 Å². The maximum atomic E-state index is 11.1. The van der Waals surface area contributed by atoms with Crippen LogP contribution >= 0.6 is 0 Å². The number of hydrogen-bond donors (Lipinski definition) is 1. The molecule has 1 aromatic carbocycles. The standard InChI is InChI=1S/C16H17NO3/c1-3-12-5-7-13(8-6-12)10-20-14-9-4-11(2)17-15(14)16(18)19/h4-9H,3,10H2,1-2H3,(H,18,19). The van der Waals surface area contributed by atoms with Crippen molar-refractivity contribution in [2.45, 2.75) is 26.9 Å². The second-order valence-electron chi connectivity index (χ2n) is 4.56. The molecule has 0 amide bonds. The van der Waals surface area contributed by atoms with Gasteiger partial charge < -0.3 is 9.84 Å². The van der Waals surface area contributed by atoms with Gasteiger partial charge in [-0.05, 0) is 36.6 Å². The van der Waals surface area contributed by atoms with Gasteiger partial charge in [0.1, 0.15) is 6.61 Å². The van der Waals surface area contributed by atoms with Crippen molar-refractivity contribution in [1.82, 2.24) is 4.98 Å². The monoisotopic (exact) mass is 271 g/mol. The van der Waals surface area contributed by atoms with Gasteiger partial charge in [0.2, 0.25) is 0 Å². The fourth-order valence-electron chi connectivity index (χ4n) is 1.85. The van der Waals surface area contributed by atoms with E-state index in [1.807, 2.05) is 24.3 Å². The Hall–Kier alpha value is -2.36. The summed E-state index contributed by atoms with van der Waals surface area (Å²) >= 11 is 0. The Morgan fingerprint density at radius 2 is 1.80 bits per heavy atom. The van der Waals surface area contributed by atoms with Crippen molar-refractivity contribution in [2.75, 3.05) is 0 Å². The first kappa shape index (κ1) is 14.1. The van der Waals surface area contributed by atoms with Crippen LogP contribution in [-0.4, -0.2) is 16.1 Å². The van der Waals surface area contributed by atoms with Crippen LogP contribution in [-0.2, 0) is 13.0 Å². The molecule has 2 rings (SSSR count). The van der Waals surface area contributed by atoms with Gasteiger partial charge in [0.05, 0.1) is 0 Å². The second-order valence-corrected chi connectivity index (χ2v) is 4.56. The summed E-state index contributed by atoms with van der Waals surface area (Å²) in [6.45, 7) is 4.18. The molecule has 0 saturated carbocycles. The average molecular weight is 271 g/mol. The molecule has 0 saturated heterocycles. The molecule has 104 valence electrons. The van der Waals surface area contributed by atoms with Crippen LogP contribution in [0.5, 0.6) is 5.75 Å². The third-order valence-electron chi connectivity index (χ3n) is 3.03. The maximum absolute atomic E-state index is 11.1. The Kier molecular flexibility index (Phi) is 4.35. The fraction of sp³-hybridized carbons (Fsp3) is 0.250. The number of carbonyl (C=O) groups is 1. The lowest BCUT2D eigenvalue weighted by atomic mass is 10.1. The van der Waals surface area contributed by atoms with Gasteiger partial charge in [-0.3, -0.25) is 0 Å². The van der Waals surface area contributed by atoms with Gasteiger partial charge in [0, 0.05) is 5.69 Å². The van der Waals surface area contributed by atoms with Gasteiger partial charge >= 0.3 is 5.97 Å². The summed E-state index contributed by atoms with van der Waals surface area (Å²) in [4.78, 5) is 15.1. The molecule has 0 fully saturated rings. The molecule has 2 aromatic rings. The molecule has 1 N–H and O–H groups in total. The topological polar surface area (TPSA) is 59.4 Å². The summed E-state index contributed by atoms with van der Waals surface area (Å²) in [5.41, 5.74) is 2.87. The van der Waals surface area contributed by atoms with Gasteiger partial charge in [0.25, 0.3) is 0 Å². The Labute approximate surface area is 118 Å². The van der Waals surface area contributed by atoms with Gasteiger partial charge in [-0.1, -0.05) is 31.2 Å². The highest BCUT2D eigenvalue weighted by molar-refractivity contribution is 5.88. The number of nitrogens with zero attached hydrogens (tertiary/aromatic N) is 1. The molecule has 0 unspecified atom stereocenters. The normalized spacial score (nSPS) is 10.3. The summed E-state index contributed by atoms with van der Waals surface area (Å²) in [6, 6.07) is 11.4. The molecule has 20 heavy (non-hydrogen) atoms. The SMILES string of the molecule is CCc1ccc(COc2ccc(C)nc2C(=O)O)cc1. The molecular formula is C16H17NO3. The molecule has 0 atom stereocenters. The van der Waals surface area contributed by atoms with Crippen LogP contribution in [0.2, 0.25) is 0 Å². The Morgan fingerprint density at radius 3 is 2.40 bits per heavy atom. The average Bonchev–Trinajstić information content (AvgIpc) is 2.46. The number of pyridine rings is 1. The van der Waals surface area contributed by atoms with Gasteiger partial charge in [-0.15, -0.1) is 0 Å². The molecule has 1 aromatic heterocycles. The van der Waals surface area contributed by atoms with Crippen molar-refractivity contribution in [3.8, 4) is 5.75 Å². The van der Waals surface area contributed by atoms with Crippen LogP contribution in [0.25, 0.3) is 0 Å². The van der Waals surface area contributed by atoms with Crippen LogP contribution in [0.15, 0.2) is 36.4 Å². The van der Waals surface area contributed by atoms with E-state index < -0.39 is 5.97 Å². The third-order valence-corrected chi connectivity index (χ3v) is 3.03. The number of ether oxygens (including phenoxy) is 1.